The number of H-pyrrole nitrogens is 1. The molecule has 0 atom stereocenters. The molecule has 6 aromatic rings. The molecule has 1 N–H and O–H groups in total. The Labute approximate surface area is 289 Å². The predicted octanol–water partition coefficient (Wildman–Crippen LogP) is 6.64. The summed E-state index contributed by atoms with van der Waals surface area (Å²) < 4.78 is 59.9. The first-order valence-corrected chi connectivity index (χ1v) is 15.1. The minimum absolute atomic E-state index is 0.0438. The molecule has 0 fully saturated rings. The molecule has 0 saturated carbocycles. The molecule has 16 nitrogen and oxygen atoms in total. The predicted molar refractivity (Wildman–Crippen MR) is 172 cm³/mol. The Morgan fingerprint density at radius 2 is 1.22 bits per heavy atom. The maximum atomic E-state index is 12.5. The molecule has 0 aliphatic heterocycles. The number of benzene rings is 2. The monoisotopic (exact) mass is 776 g/mol. The van der Waals surface area contributed by atoms with E-state index in [4.69, 9.17) is 4.42 Å². The Balaban J connectivity index is 0.000000190. The van der Waals surface area contributed by atoms with Crippen LogP contribution in [0.15, 0.2) is 104 Å². The van der Waals surface area contributed by atoms with Gasteiger partial charge in [0.15, 0.2) is 0 Å². The van der Waals surface area contributed by atoms with Gasteiger partial charge in [-0.25, -0.2) is 0 Å². The second kappa shape index (κ2) is 17.3. The number of hydrogen-bond donors (Lipinski definition) is 1. The minimum atomic E-state index is -2.89. The molecule has 6 rings (SSSR count). The lowest BCUT2D eigenvalue weighted by Crippen LogP contribution is -2.19. The van der Waals surface area contributed by atoms with Crippen molar-refractivity contribution in [3.63, 3.8) is 0 Å². The van der Waals surface area contributed by atoms with Crippen LogP contribution >= 0.6 is 15.9 Å². The molecular formula is C30H21BrF4N8O8. The zero-order valence-electron chi connectivity index (χ0n) is 25.4. The summed E-state index contributed by atoms with van der Waals surface area (Å²) >= 11 is 3.25. The lowest BCUT2D eigenvalue weighted by Gasteiger charge is -2.06. The van der Waals surface area contributed by atoms with E-state index in [1.807, 2.05) is 0 Å². The van der Waals surface area contributed by atoms with Crippen LogP contribution in [0.5, 0.6) is 0 Å². The van der Waals surface area contributed by atoms with Crippen molar-refractivity contribution >= 4 is 27.3 Å². The SMILES string of the molecule is O=[N+]([O-])c1ccc(CBr)cc1.O=c1cc(-c2nnc(C(F)F)o2)cc[nH]1.O=c1cc(-c2nnc(C(F)F)o2)ccn1Cc1ccc([N+](=O)[O-])cc1. The van der Waals surface area contributed by atoms with Gasteiger partial charge in [0.1, 0.15) is 0 Å². The fourth-order valence-electron chi connectivity index (χ4n) is 3.85. The molecule has 2 aromatic carbocycles. The van der Waals surface area contributed by atoms with Crippen molar-refractivity contribution in [2.75, 3.05) is 0 Å². The number of pyridine rings is 2. The molecule has 0 unspecified atom stereocenters. The molecule has 0 amide bonds. The van der Waals surface area contributed by atoms with Gasteiger partial charge in [-0.05, 0) is 23.3 Å². The van der Waals surface area contributed by atoms with Gasteiger partial charge in [0.25, 0.3) is 28.7 Å². The van der Waals surface area contributed by atoms with Crippen LogP contribution in [0.1, 0.15) is 35.8 Å². The van der Waals surface area contributed by atoms with Crippen molar-refractivity contribution in [3.05, 3.63) is 149 Å². The van der Waals surface area contributed by atoms with Gasteiger partial charge in [-0.1, -0.05) is 40.2 Å². The molecule has 0 spiro atoms. The molecule has 0 radical (unpaired) electrons. The number of nitro groups is 2. The van der Waals surface area contributed by atoms with E-state index in [1.165, 1.54) is 65.5 Å². The smallest absolute Gasteiger partial charge is 0.314 e. The van der Waals surface area contributed by atoms with Gasteiger partial charge >= 0.3 is 12.9 Å². The van der Waals surface area contributed by atoms with Crippen LogP contribution in [0.3, 0.4) is 0 Å². The number of non-ortho nitro benzene ring substituents is 2. The van der Waals surface area contributed by atoms with Crippen LogP contribution in [-0.4, -0.2) is 39.8 Å². The van der Waals surface area contributed by atoms with E-state index in [-0.39, 0.29) is 40.8 Å². The molecule has 0 aliphatic rings. The molecular weight excluding hydrogens is 756 g/mol. The van der Waals surface area contributed by atoms with Gasteiger partial charge in [-0.15, -0.1) is 20.4 Å². The number of hydrogen-bond acceptors (Lipinski definition) is 12. The summed E-state index contributed by atoms with van der Waals surface area (Å²) in [4.78, 5) is 45.3. The number of nitrogens with one attached hydrogen (secondary N) is 1. The lowest BCUT2D eigenvalue weighted by molar-refractivity contribution is -0.385. The van der Waals surface area contributed by atoms with Crippen LogP contribution < -0.4 is 11.1 Å². The highest BCUT2D eigenvalue weighted by atomic mass is 79.9. The second-order valence-electron chi connectivity index (χ2n) is 9.80. The van der Waals surface area contributed by atoms with Crippen LogP contribution in [0.4, 0.5) is 28.9 Å². The first-order chi connectivity index (χ1) is 24.3. The summed E-state index contributed by atoms with van der Waals surface area (Å²) in [6.07, 6.45) is -2.88. The topological polar surface area (TPSA) is 219 Å². The van der Waals surface area contributed by atoms with Crippen molar-refractivity contribution in [1.82, 2.24) is 29.9 Å². The van der Waals surface area contributed by atoms with E-state index in [0.29, 0.717) is 11.1 Å². The third kappa shape index (κ3) is 10.6. The van der Waals surface area contributed by atoms with Crippen molar-refractivity contribution in [1.29, 1.82) is 0 Å². The van der Waals surface area contributed by atoms with Gasteiger partial charge < -0.3 is 18.4 Å². The molecule has 21 heteroatoms. The fourth-order valence-corrected chi connectivity index (χ4v) is 4.23. The van der Waals surface area contributed by atoms with Crippen LogP contribution in [0, 0.1) is 20.2 Å². The van der Waals surface area contributed by atoms with Gasteiger partial charge in [0.05, 0.1) is 16.4 Å². The van der Waals surface area contributed by atoms with Crippen LogP contribution in [0.25, 0.3) is 22.9 Å². The molecule has 4 aromatic heterocycles. The first kappa shape index (κ1) is 37.4. The van der Waals surface area contributed by atoms with Crippen molar-refractivity contribution in [3.8, 4) is 22.9 Å². The van der Waals surface area contributed by atoms with Crippen molar-refractivity contribution in [2.45, 2.75) is 24.7 Å². The number of aromatic nitrogens is 6. The quantitative estimate of drug-likeness (QED) is 0.0707. The molecule has 51 heavy (non-hydrogen) atoms. The summed E-state index contributed by atoms with van der Waals surface area (Å²) in [5.74, 6) is -1.85. The third-order valence-electron chi connectivity index (χ3n) is 6.32. The molecule has 0 bridgehead atoms. The van der Waals surface area contributed by atoms with Crippen LogP contribution in [0.2, 0.25) is 0 Å². The first-order valence-electron chi connectivity index (χ1n) is 14.0. The number of alkyl halides is 5. The van der Waals surface area contributed by atoms with Crippen LogP contribution in [-0.2, 0) is 11.9 Å². The number of halogens is 5. The number of nitro benzene ring substituents is 2. The van der Waals surface area contributed by atoms with E-state index in [2.05, 4.69) is 45.7 Å². The molecule has 264 valence electrons. The Kier molecular flexibility index (Phi) is 12.7. The number of nitrogens with zero attached hydrogens (tertiary/aromatic N) is 7. The highest BCUT2D eigenvalue weighted by molar-refractivity contribution is 9.08. The zero-order chi connectivity index (χ0) is 37.1. The largest absolute Gasteiger partial charge is 0.415 e. The highest BCUT2D eigenvalue weighted by Gasteiger charge is 2.18. The summed E-state index contributed by atoms with van der Waals surface area (Å²) in [6, 6.07) is 17.6. The Morgan fingerprint density at radius 1 is 0.725 bits per heavy atom. The Bertz CT molecular complexity index is 2210. The Hall–Kier alpha value is -6.38. The lowest BCUT2D eigenvalue weighted by atomic mass is 10.2. The molecule has 4 heterocycles. The normalized spacial score (nSPS) is 10.6. The summed E-state index contributed by atoms with van der Waals surface area (Å²) in [6.45, 7) is 0.198. The van der Waals surface area contributed by atoms with Gasteiger partial charge in [-0.3, -0.25) is 29.8 Å². The van der Waals surface area contributed by atoms with E-state index in [0.717, 1.165) is 10.9 Å². The van der Waals surface area contributed by atoms with E-state index >= 15 is 0 Å². The van der Waals surface area contributed by atoms with Gasteiger partial charge in [0, 0.05) is 65.2 Å². The number of rotatable bonds is 9. The highest BCUT2D eigenvalue weighted by Crippen LogP contribution is 2.23. The zero-order valence-corrected chi connectivity index (χ0v) is 27.0. The maximum Gasteiger partial charge on any atom is 0.314 e. The fraction of sp³-hybridized carbons (Fsp3) is 0.133. The number of aromatic amines is 1. The maximum absolute atomic E-state index is 12.5. The average molecular weight is 777 g/mol. The van der Waals surface area contributed by atoms with Gasteiger partial charge in [-0.2, -0.15) is 17.6 Å². The van der Waals surface area contributed by atoms with Crippen molar-refractivity contribution < 1.29 is 36.2 Å². The van der Waals surface area contributed by atoms with E-state index in [1.54, 1.807) is 24.3 Å². The minimum Gasteiger partial charge on any atom is -0.415 e. The summed E-state index contributed by atoms with van der Waals surface area (Å²) in [5.41, 5.74) is 1.57. The molecule has 0 saturated heterocycles. The second-order valence-corrected chi connectivity index (χ2v) is 10.4. The van der Waals surface area contributed by atoms with E-state index < -0.39 is 40.0 Å². The summed E-state index contributed by atoms with van der Waals surface area (Å²) in [7, 11) is 0. The Morgan fingerprint density at radius 3 is 1.63 bits per heavy atom. The van der Waals surface area contributed by atoms with E-state index in [9.17, 15) is 47.4 Å². The summed E-state index contributed by atoms with van der Waals surface area (Å²) in [5, 5.41) is 34.8. The standard InChI is InChI=1S/C15H10F2N4O4.C8H5F2N3O2.C7H6BrNO2/c16-13(17)15-19-18-14(25-15)10-5-6-20(12(22)7-10)8-9-1-3-11(4-2-9)21(23)24;9-6(10)8-13-12-7(15-8)4-1-2-11-5(14)3-4;8-5-6-1-3-7(4-2-6)9(10)11/h1-7,13H,8H2;1-3,6H,(H,11,14);1-4H,5H2. The van der Waals surface area contributed by atoms with Gasteiger partial charge in [0.2, 0.25) is 17.3 Å². The average Bonchev–Trinajstić information content (AvgIpc) is 3.82. The van der Waals surface area contributed by atoms with Crippen molar-refractivity contribution in [2.24, 2.45) is 0 Å². The molecule has 0 aliphatic carbocycles. The third-order valence-corrected chi connectivity index (χ3v) is 6.97.